The van der Waals surface area contributed by atoms with E-state index in [9.17, 15) is 0 Å². The summed E-state index contributed by atoms with van der Waals surface area (Å²) in [4.78, 5) is 4.17. The fourth-order valence-electron chi connectivity index (χ4n) is 3.36. The normalized spacial score (nSPS) is 11.0. The highest BCUT2D eigenvalue weighted by atomic mass is 16.5. The van der Waals surface area contributed by atoms with E-state index in [2.05, 4.69) is 60.0 Å². The number of rotatable bonds is 7. The summed E-state index contributed by atoms with van der Waals surface area (Å²) in [5, 5.41) is 0. The van der Waals surface area contributed by atoms with Gasteiger partial charge >= 0.3 is 0 Å². The zero-order valence-corrected chi connectivity index (χ0v) is 17.3. The van der Waals surface area contributed by atoms with Gasteiger partial charge in [-0.2, -0.15) is 0 Å². The SMILES string of the molecule is COc1cc(N(C)C)ccc1C(c1ccc(N(C)C)cc1OC)C(C)C. The molecule has 2 aromatic rings. The number of ether oxygens (including phenoxy) is 2. The van der Waals surface area contributed by atoms with E-state index < -0.39 is 0 Å². The van der Waals surface area contributed by atoms with Crippen molar-refractivity contribution in [2.45, 2.75) is 19.8 Å². The van der Waals surface area contributed by atoms with E-state index in [1.165, 1.54) is 11.1 Å². The van der Waals surface area contributed by atoms with Gasteiger partial charge in [-0.3, -0.25) is 0 Å². The van der Waals surface area contributed by atoms with Crippen LogP contribution in [0.2, 0.25) is 0 Å². The number of methoxy groups -OCH3 is 2. The summed E-state index contributed by atoms with van der Waals surface area (Å²) >= 11 is 0. The molecule has 0 unspecified atom stereocenters. The molecule has 0 aliphatic heterocycles. The molecule has 4 nitrogen and oxygen atoms in total. The van der Waals surface area contributed by atoms with Crippen LogP contribution in [0.4, 0.5) is 11.4 Å². The zero-order chi connectivity index (χ0) is 19.4. The van der Waals surface area contributed by atoms with Crippen LogP contribution in [-0.4, -0.2) is 42.4 Å². The Morgan fingerprint density at radius 3 is 1.35 bits per heavy atom. The third-order valence-electron chi connectivity index (χ3n) is 4.80. The molecular formula is C22H32N2O2. The largest absolute Gasteiger partial charge is 0.496 e. The highest BCUT2D eigenvalue weighted by molar-refractivity contribution is 5.59. The minimum absolute atomic E-state index is 0.187. The van der Waals surface area contributed by atoms with Crippen LogP contribution in [0.15, 0.2) is 36.4 Å². The molecule has 0 saturated heterocycles. The molecule has 0 bridgehead atoms. The van der Waals surface area contributed by atoms with Crippen molar-refractivity contribution in [3.63, 3.8) is 0 Å². The molecule has 0 fully saturated rings. The van der Waals surface area contributed by atoms with Crippen molar-refractivity contribution >= 4 is 11.4 Å². The highest BCUT2D eigenvalue weighted by Crippen LogP contribution is 2.43. The average Bonchev–Trinajstić information content (AvgIpc) is 2.61. The van der Waals surface area contributed by atoms with Crippen molar-refractivity contribution in [3.05, 3.63) is 47.5 Å². The summed E-state index contributed by atoms with van der Waals surface area (Å²) in [5.41, 5.74) is 4.62. The second-order valence-corrected chi connectivity index (χ2v) is 7.36. The van der Waals surface area contributed by atoms with Crippen LogP contribution < -0.4 is 19.3 Å². The van der Waals surface area contributed by atoms with Gasteiger partial charge in [0.05, 0.1) is 14.2 Å². The van der Waals surface area contributed by atoms with Crippen LogP contribution in [0.1, 0.15) is 30.9 Å². The summed E-state index contributed by atoms with van der Waals surface area (Å²) in [6.07, 6.45) is 0. The van der Waals surface area contributed by atoms with E-state index in [4.69, 9.17) is 9.47 Å². The lowest BCUT2D eigenvalue weighted by atomic mass is 9.81. The average molecular weight is 357 g/mol. The minimum atomic E-state index is 0.187. The number of benzene rings is 2. The summed E-state index contributed by atoms with van der Waals surface area (Å²) < 4.78 is 11.5. The standard InChI is InChI=1S/C22H32N2O2/c1-15(2)22(18-11-9-16(23(3)4)13-20(18)25-7)19-12-10-17(24(5)6)14-21(19)26-8/h9-15,22H,1-8H3. The van der Waals surface area contributed by atoms with Crippen molar-refractivity contribution in [2.75, 3.05) is 52.2 Å². The van der Waals surface area contributed by atoms with Gasteiger partial charge in [-0.05, 0) is 18.1 Å². The summed E-state index contributed by atoms with van der Waals surface area (Å²) in [5.74, 6) is 2.41. The molecule has 0 spiro atoms. The number of hydrogen-bond donors (Lipinski definition) is 0. The van der Waals surface area contributed by atoms with Crippen LogP contribution >= 0.6 is 0 Å². The molecule has 142 valence electrons. The Kier molecular flexibility index (Phi) is 6.41. The molecule has 0 heterocycles. The van der Waals surface area contributed by atoms with E-state index in [-0.39, 0.29) is 5.92 Å². The summed E-state index contributed by atoms with van der Waals surface area (Å²) in [6, 6.07) is 12.9. The molecule has 2 rings (SSSR count). The number of anilines is 2. The summed E-state index contributed by atoms with van der Waals surface area (Å²) in [6.45, 7) is 4.48. The van der Waals surface area contributed by atoms with Gasteiger partial charge in [-0.15, -0.1) is 0 Å². The van der Waals surface area contributed by atoms with Crippen LogP contribution in [0.25, 0.3) is 0 Å². The van der Waals surface area contributed by atoms with E-state index in [0.29, 0.717) is 5.92 Å². The Labute approximate surface area is 158 Å². The first-order chi connectivity index (χ1) is 12.3. The maximum absolute atomic E-state index is 5.75. The molecule has 0 aliphatic carbocycles. The maximum Gasteiger partial charge on any atom is 0.124 e. The zero-order valence-electron chi connectivity index (χ0n) is 17.3. The van der Waals surface area contributed by atoms with Gasteiger partial charge in [-0.25, -0.2) is 0 Å². The third-order valence-corrected chi connectivity index (χ3v) is 4.80. The van der Waals surface area contributed by atoms with Crippen molar-refractivity contribution in [2.24, 2.45) is 5.92 Å². The van der Waals surface area contributed by atoms with E-state index in [1.807, 2.05) is 28.2 Å². The Morgan fingerprint density at radius 1 is 0.692 bits per heavy atom. The Bertz CT molecular complexity index is 679. The van der Waals surface area contributed by atoms with Gasteiger partial charge in [0.2, 0.25) is 0 Å². The van der Waals surface area contributed by atoms with Gasteiger partial charge in [0.15, 0.2) is 0 Å². The lowest BCUT2D eigenvalue weighted by Crippen LogP contribution is -2.14. The topological polar surface area (TPSA) is 24.9 Å². The van der Waals surface area contributed by atoms with Gasteiger partial charge in [0.1, 0.15) is 11.5 Å². The molecule has 0 amide bonds. The number of nitrogens with zero attached hydrogens (tertiary/aromatic N) is 2. The first kappa shape index (κ1) is 20.0. The first-order valence-corrected chi connectivity index (χ1v) is 9.00. The van der Waals surface area contributed by atoms with Crippen molar-refractivity contribution in [3.8, 4) is 11.5 Å². The van der Waals surface area contributed by atoms with E-state index in [0.717, 1.165) is 22.9 Å². The smallest absolute Gasteiger partial charge is 0.124 e. The van der Waals surface area contributed by atoms with Crippen LogP contribution in [-0.2, 0) is 0 Å². The van der Waals surface area contributed by atoms with E-state index >= 15 is 0 Å². The predicted octanol–water partition coefficient (Wildman–Crippen LogP) is 4.62. The van der Waals surface area contributed by atoms with E-state index in [1.54, 1.807) is 14.2 Å². The molecule has 4 heteroatoms. The maximum atomic E-state index is 5.75. The first-order valence-electron chi connectivity index (χ1n) is 9.00. The fourth-order valence-corrected chi connectivity index (χ4v) is 3.36. The summed E-state index contributed by atoms with van der Waals surface area (Å²) in [7, 11) is 11.6. The molecule has 2 aromatic carbocycles. The quantitative estimate of drug-likeness (QED) is 0.722. The molecule has 0 atom stereocenters. The van der Waals surface area contributed by atoms with Crippen LogP contribution in [0, 0.1) is 5.92 Å². The molecule has 0 aliphatic rings. The Hall–Kier alpha value is -2.36. The molecular weight excluding hydrogens is 324 g/mol. The molecule has 0 saturated carbocycles. The Morgan fingerprint density at radius 2 is 1.08 bits per heavy atom. The fraction of sp³-hybridized carbons (Fsp3) is 0.455. The molecule has 26 heavy (non-hydrogen) atoms. The second-order valence-electron chi connectivity index (χ2n) is 7.36. The third kappa shape index (κ3) is 4.06. The molecule has 0 aromatic heterocycles. The predicted molar refractivity (Wildman–Crippen MR) is 111 cm³/mol. The minimum Gasteiger partial charge on any atom is -0.496 e. The van der Waals surface area contributed by atoms with Crippen molar-refractivity contribution in [1.82, 2.24) is 0 Å². The van der Waals surface area contributed by atoms with Gasteiger partial charge in [0, 0.05) is 68.7 Å². The van der Waals surface area contributed by atoms with Gasteiger partial charge < -0.3 is 19.3 Å². The molecule has 0 radical (unpaired) electrons. The van der Waals surface area contributed by atoms with Gasteiger partial charge in [0.25, 0.3) is 0 Å². The van der Waals surface area contributed by atoms with Crippen LogP contribution in [0.3, 0.4) is 0 Å². The second kappa shape index (κ2) is 8.35. The highest BCUT2D eigenvalue weighted by Gasteiger charge is 2.25. The van der Waals surface area contributed by atoms with Crippen LogP contribution in [0.5, 0.6) is 11.5 Å². The van der Waals surface area contributed by atoms with Gasteiger partial charge in [-0.1, -0.05) is 26.0 Å². The van der Waals surface area contributed by atoms with Crippen molar-refractivity contribution < 1.29 is 9.47 Å². The lowest BCUT2D eigenvalue weighted by Gasteiger charge is -2.27. The monoisotopic (exact) mass is 356 g/mol. The van der Waals surface area contributed by atoms with Crippen molar-refractivity contribution in [1.29, 1.82) is 0 Å². The number of hydrogen-bond acceptors (Lipinski definition) is 4. The molecule has 0 N–H and O–H groups in total. The Balaban J connectivity index is 2.60. The lowest BCUT2D eigenvalue weighted by molar-refractivity contribution is 0.390.